The van der Waals surface area contributed by atoms with Crippen molar-refractivity contribution in [1.82, 2.24) is 10.2 Å². The first-order valence-electron chi connectivity index (χ1n) is 11.8. The van der Waals surface area contributed by atoms with Crippen molar-refractivity contribution in [2.75, 3.05) is 39.2 Å². The Bertz CT molecular complexity index is 1200. The average Bonchev–Trinajstić information content (AvgIpc) is 2.88. The van der Waals surface area contributed by atoms with Crippen molar-refractivity contribution in [3.05, 3.63) is 89.0 Å². The van der Waals surface area contributed by atoms with Gasteiger partial charge in [0.15, 0.2) is 11.5 Å². The number of amides is 2. The van der Waals surface area contributed by atoms with E-state index < -0.39 is 0 Å². The molecule has 0 radical (unpaired) electrons. The Morgan fingerprint density at radius 2 is 1.71 bits per heavy atom. The number of rotatable bonds is 8. The second-order valence-corrected chi connectivity index (χ2v) is 8.43. The summed E-state index contributed by atoms with van der Waals surface area (Å²) >= 11 is 0. The Kier molecular flexibility index (Phi) is 7.67. The number of hydrogen-bond acceptors (Lipinski definition) is 5. The molecule has 2 N–H and O–H groups in total. The maximum absolute atomic E-state index is 13.1. The Morgan fingerprint density at radius 3 is 2.43 bits per heavy atom. The van der Waals surface area contributed by atoms with E-state index in [0.717, 1.165) is 17.5 Å². The Labute approximate surface area is 206 Å². The molecule has 0 fully saturated rings. The van der Waals surface area contributed by atoms with E-state index >= 15 is 0 Å². The zero-order chi connectivity index (χ0) is 24.8. The molecule has 0 saturated carbocycles. The minimum absolute atomic E-state index is 0.104. The predicted molar refractivity (Wildman–Crippen MR) is 136 cm³/mol. The van der Waals surface area contributed by atoms with Crippen LogP contribution in [0.25, 0.3) is 0 Å². The van der Waals surface area contributed by atoms with Crippen molar-refractivity contribution < 1.29 is 19.1 Å². The molecular weight excluding hydrogens is 442 g/mol. The van der Waals surface area contributed by atoms with Crippen molar-refractivity contribution in [2.24, 2.45) is 0 Å². The van der Waals surface area contributed by atoms with Crippen LogP contribution in [0.5, 0.6) is 11.5 Å². The van der Waals surface area contributed by atoms with Crippen molar-refractivity contribution in [3.63, 3.8) is 0 Å². The first-order chi connectivity index (χ1) is 17.0. The topological polar surface area (TPSA) is 79.9 Å². The Hall–Kier alpha value is -3.84. The molecule has 3 aromatic carbocycles. The quantitative estimate of drug-likeness (QED) is 0.516. The number of hydrogen-bond donors (Lipinski definition) is 2. The SMILES string of the molecule is CCNC(=O)c1cccc(NC(=O)CN2CCc3cc(OC)c(OC)cc3C2c2ccccc2)c1. The van der Waals surface area contributed by atoms with Gasteiger partial charge in [0.1, 0.15) is 0 Å². The number of methoxy groups -OCH3 is 2. The third-order valence-corrected chi connectivity index (χ3v) is 6.18. The molecule has 1 unspecified atom stereocenters. The van der Waals surface area contributed by atoms with E-state index in [0.29, 0.717) is 35.8 Å². The number of nitrogens with one attached hydrogen (secondary N) is 2. The summed E-state index contributed by atoms with van der Waals surface area (Å²) in [5.41, 5.74) is 4.50. The minimum Gasteiger partial charge on any atom is -0.493 e. The van der Waals surface area contributed by atoms with Crippen molar-refractivity contribution in [3.8, 4) is 11.5 Å². The van der Waals surface area contributed by atoms with Crippen LogP contribution >= 0.6 is 0 Å². The van der Waals surface area contributed by atoms with Crippen molar-refractivity contribution in [2.45, 2.75) is 19.4 Å². The highest BCUT2D eigenvalue weighted by Crippen LogP contribution is 2.40. The van der Waals surface area contributed by atoms with Gasteiger partial charge in [-0.3, -0.25) is 14.5 Å². The third-order valence-electron chi connectivity index (χ3n) is 6.18. The van der Waals surface area contributed by atoms with E-state index in [1.807, 2.05) is 37.3 Å². The molecule has 1 heterocycles. The summed E-state index contributed by atoms with van der Waals surface area (Å²) in [6.45, 7) is 3.34. The smallest absolute Gasteiger partial charge is 0.251 e. The number of fused-ring (bicyclic) bond motifs is 1. The molecule has 0 bridgehead atoms. The molecule has 1 atom stereocenters. The lowest BCUT2D eigenvalue weighted by atomic mass is 9.87. The number of benzene rings is 3. The van der Waals surface area contributed by atoms with Crippen LogP contribution in [0.2, 0.25) is 0 Å². The highest BCUT2D eigenvalue weighted by atomic mass is 16.5. The zero-order valence-electron chi connectivity index (χ0n) is 20.3. The molecule has 7 nitrogen and oxygen atoms in total. The van der Waals surface area contributed by atoms with E-state index in [1.165, 1.54) is 5.56 Å². The molecule has 4 rings (SSSR count). The number of ether oxygens (including phenoxy) is 2. The maximum Gasteiger partial charge on any atom is 0.251 e. The van der Waals surface area contributed by atoms with E-state index in [9.17, 15) is 9.59 Å². The highest BCUT2D eigenvalue weighted by Gasteiger charge is 2.31. The molecule has 0 spiro atoms. The highest BCUT2D eigenvalue weighted by molar-refractivity contribution is 5.97. The predicted octanol–water partition coefficient (Wildman–Crippen LogP) is 4.04. The lowest BCUT2D eigenvalue weighted by Gasteiger charge is -2.37. The van der Waals surface area contributed by atoms with Crippen LogP contribution in [-0.4, -0.2) is 50.6 Å². The van der Waals surface area contributed by atoms with Gasteiger partial charge in [-0.15, -0.1) is 0 Å². The zero-order valence-corrected chi connectivity index (χ0v) is 20.3. The van der Waals surface area contributed by atoms with Gasteiger partial charge >= 0.3 is 0 Å². The van der Waals surface area contributed by atoms with Gasteiger partial charge in [0, 0.05) is 24.3 Å². The van der Waals surface area contributed by atoms with Crippen LogP contribution in [0.1, 0.15) is 40.0 Å². The van der Waals surface area contributed by atoms with Crippen LogP contribution in [0, 0.1) is 0 Å². The van der Waals surface area contributed by atoms with E-state index in [4.69, 9.17) is 9.47 Å². The first kappa shape index (κ1) is 24.3. The second-order valence-electron chi connectivity index (χ2n) is 8.43. The first-order valence-corrected chi connectivity index (χ1v) is 11.8. The molecule has 35 heavy (non-hydrogen) atoms. The molecule has 7 heteroatoms. The summed E-state index contributed by atoms with van der Waals surface area (Å²) in [7, 11) is 3.27. The Balaban J connectivity index is 1.59. The third kappa shape index (κ3) is 5.46. The molecule has 1 aliphatic heterocycles. The molecule has 1 aliphatic rings. The van der Waals surface area contributed by atoms with Crippen LogP contribution in [0.3, 0.4) is 0 Å². The van der Waals surface area contributed by atoms with Gasteiger partial charge < -0.3 is 20.1 Å². The minimum atomic E-state index is -0.162. The van der Waals surface area contributed by atoms with Gasteiger partial charge in [-0.2, -0.15) is 0 Å². The molecule has 0 aliphatic carbocycles. The lowest BCUT2D eigenvalue weighted by molar-refractivity contribution is -0.117. The number of nitrogens with zero attached hydrogens (tertiary/aromatic N) is 1. The van der Waals surface area contributed by atoms with Crippen LogP contribution in [-0.2, 0) is 11.2 Å². The lowest BCUT2D eigenvalue weighted by Crippen LogP contribution is -2.41. The fourth-order valence-electron chi connectivity index (χ4n) is 4.58. The average molecular weight is 474 g/mol. The van der Waals surface area contributed by atoms with Gasteiger partial charge in [-0.25, -0.2) is 0 Å². The summed E-state index contributed by atoms with van der Waals surface area (Å²) in [5.74, 6) is 1.07. The molecule has 182 valence electrons. The van der Waals surface area contributed by atoms with Gasteiger partial charge in [0.2, 0.25) is 5.91 Å². The summed E-state index contributed by atoms with van der Waals surface area (Å²) in [5, 5.41) is 5.74. The second kappa shape index (κ2) is 11.1. The molecule has 0 aromatic heterocycles. The van der Waals surface area contributed by atoms with Crippen LogP contribution in [0.15, 0.2) is 66.7 Å². The summed E-state index contributed by atoms with van der Waals surface area (Å²) in [4.78, 5) is 27.4. The van der Waals surface area contributed by atoms with Gasteiger partial charge in [0.05, 0.1) is 26.8 Å². The molecule has 0 saturated heterocycles. The van der Waals surface area contributed by atoms with Crippen LogP contribution < -0.4 is 20.1 Å². The fourth-order valence-corrected chi connectivity index (χ4v) is 4.58. The molecule has 2 amide bonds. The van der Waals surface area contributed by atoms with Crippen molar-refractivity contribution >= 4 is 17.5 Å². The molecule has 3 aromatic rings. The summed E-state index contributed by atoms with van der Waals surface area (Å²) in [6.07, 6.45) is 0.791. The Morgan fingerprint density at radius 1 is 0.971 bits per heavy atom. The summed E-state index contributed by atoms with van der Waals surface area (Å²) < 4.78 is 11.1. The van der Waals surface area contributed by atoms with E-state index in [1.54, 1.807) is 38.5 Å². The van der Waals surface area contributed by atoms with Crippen LogP contribution in [0.4, 0.5) is 5.69 Å². The number of carbonyl (C=O) groups is 2. The monoisotopic (exact) mass is 473 g/mol. The van der Waals surface area contributed by atoms with E-state index in [-0.39, 0.29) is 24.4 Å². The van der Waals surface area contributed by atoms with Gasteiger partial charge in [-0.05, 0) is 60.4 Å². The van der Waals surface area contributed by atoms with Crippen molar-refractivity contribution in [1.29, 1.82) is 0 Å². The van der Waals surface area contributed by atoms with Gasteiger partial charge in [0.25, 0.3) is 5.91 Å². The standard InChI is InChI=1S/C28H31N3O4/c1-4-29-28(33)21-11-8-12-22(15-21)30-26(32)18-31-14-13-20-16-24(34-2)25(35-3)17-23(20)27(31)19-9-6-5-7-10-19/h5-12,15-17,27H,4,13-14,18H2,1-3H3,(H,29,33)(H,30,32). The number of carbonyl (C=O) groups excluding carboxylic acids is 2. The van der Waals surface area contributed by atoms with E-state index in [2.05, 4.69) is 27.7 Å². The number of anilines is 1. The summed E-state index contributed by atoms with van der Waals surface area (Å²) in [6, 6.07) is 21.1. The maximum atomic E-state index is 13.1. The fraction of sp³-hybridized carbons (Fsp3) is 0.286. The normalized spacial score (nSPS) is 15.1. The largest absolute Gasteiger partial charge is 0.493 e. The molecular formula is C28H31N3O4. The van der Waals surface area contributed by atoms with Gasteiger partial charge in [-0.1, -0.05) is 36.4 Å².